The molecule has 5 nitrogen and oxygen atoms in total. The van der Waals surface area contributed by atoms with Gasteiger partial charge in [0.05, 0.1) is 15.6 Å². The van der Waals surface area contributed by atoms with Crippen LogP contribution < -0.4 is 10.2 Å². The number of carbonyl (C=O) groups excluding carboxylic acids is 1. The second-order valence-electron chi connectivity index (χ2n) is 5.99. The topological polar surface area (TPSA) is 64.6 Å². The maximum absolute atomic E-state index is 12.7. The van der Waals surface area contributed by atoms with Gasteiger partial charge in [0.1, 0.15) is 17.4 Å². The molecule has 0 radical (unpaired) electrons. The van der Waals surface area contributed by atoms with Gasteiger partial charge in [-0.15, -0.1) is 0 Å². The standard InChI is InChI=1S/C20H16N2O3S/c1-3-22-15-9-8-12(2)10-17(15)26-20(22)21-19(24)14-11-25-16-7-5-4-6-13(16)18(14)23/h4-11H,3H2,1-2H3. The van der Waals surface area contributed by atoms with Crippen molar-refractivity contribution in [2.45, 2.75) is 20.4 Å². The smallest absolute Gasteiger partial charge is 0.286 e. The number of thiazole rings is 1. The Morgan fingerprint density at radius 1 is 1.23 bits per heavy atom. The molecule has 0 saturated heterocycles. The fourth-order valence-electron chi connectivity index (χ4n) is 2.94. The summed E-state index contributed by atoms with van der Waals surface area (Å²) in [5.41, 5.74) is 2.21. The first-order valence-electron chi connectivity index (χ1n) is 8.28. The Morgan fingerprint density at radius 3 is 2.85 bits per heavy atom. The van der Waals surface area contributed by atoms with Crippen molar-refractivity contribution < 1.29 is 9.21 Å². The van der Waals surface area contributed by atoms with Crippen molar-refractivity contribution in [2.24, 2.45) is 4.99 Å². The van der Waals surface area contributed by atoms with Crippen LogP contribution in [0.3, 0.4) is 0 Å². The largest absolute Gasteiger partial charge is 0.463 e. The number of nitrogens with zero attached hydrogens (tertiary/aromatic N) is 2. The zero-order valence-electron chi connectivity index (χ0n) is 14.4. The molecule has 1 amide bonds. The van der Waals surface area contributed by atoms with Crippen molar-refractivity contribution in [3.05, 3.63) is 74.9 Å². The van der Waals surface area contributed by atoms with E-state index < -0.39 is 5.91 Å². The Bertz CT molecular complexity index is 1280. The third-order valence-corrected chi connectivity index (χ3v) is 5.30. The lowest BCUT2D eigenvalue weighted by Gasteiger charge is -2.01. The van der Waals surface area contributed by atoms with E-state index in [1.807, 2.05) is 30.5 Å². The molecule has 130 valence electrons. The maximum Gasteiger partial charge on any atom is 0.286 e. The van der Waals surface area contributed by atoms with Gasteiger partial charge >= 0.3 is 0 Å². The molecule has 4 aromatic rings. The fourth-order valence-corrected chi connectivity index (χ4v) is 4.13. The van der Waals surface area contributed by atoms with Crippen LogP contribution in [-0.4, -0.2) is 10.5 Å². The van der Waals surface area contributed by atoms with Crippen molar-refractivity contribution in [2.75, 3.05) is 0 Å². The highest BCUT2D eigenvalue weighted by molar-refractivity contribution is 7.16. The van der Waals surface area contributed by atoms with E-state index in [1.54, 1.807) is 24.3 Å². The van der Waals surface area contributed by atoms with E-state index in [2.05, 4.69) is 11.1 Å². The van der Waals surface area contributed by atoms with Crippen LogP contribution in [0, 0.1) is 6.92 Å². The first-order chi connectivity index (χ1) is 12.6. The van der Waals surface area contributed by atoms with E-state index in [1.165, 1.54) is 17.6 Å². The van der Waals surface area contributed by atoms with Crippen molar-refractivity contribution in [3.63, 3.8) is 0 Å². The van der Waals surface area contributed by atoms with Gasteiger partial charge in [0, 0.05) is 6.54 Å². The van der Waals surface area contributed by atoms with E-state index >= 15 is 0 Å². The molecule has 0 saturated carbocycles. The summed E-state index contributed by atoms with van der Waals surface area (Å²) in [6.07, 6.45) is 1.20. The van der Waals surface area contributed by atoms with Crippen LogP contribution in [0.15, 0.2) is 62.9 Å². The molecule has 0 unspecified atom stereocenters. The Kier molecular flexibility index (Phi) is 4.05. The third-order valence-electron chi connectivity index (χ3n) is 4.26. The molecule has 0 aliphatic carbocycles. The molecule has 6 heteroatoms. The van der Waals surface area contributed by atoms with Crippen LogP contribution in [0.1, 0.15) is 22.8 Å². The van der Waals surface area contributed by atoms with Gasteiger partial charge in [-0.3, -0.25) is 9.59 Å². The minimum absolute atomic E-state index is 0.0556. The summed E-state index contributed by atoms with van der Waals surface area (Å²) >= 11 is 1.44. The van der Waals surface area contributed by atoms with E-state index in [4.69, 9.17) is 4.42 Å². The number of rotatable bonds is 2. The van der Waals surface area contributed by atoms with Gasteiger partial charge < -0.3 is 8.98 Å². The molecule has 0 aliphatic heterocycles. The SMILES string of the molecule is CCn1c(=NC(=O)c2coc3ccccc3c2=O)sc2cc(C)ccc21. The van der Waals surface area contributed by atoms with Crippen molar-refractivity contribution >= 4 is 38.4 Å². The predicted octanol–water partition coefficient (Wildman–Crippen LogP) is 3.88. The van der Waals surface area contributed by atoms with Gasteiger partial charge in [0.15, 0.2) is 4.80 Å². The molecule has 2 aromatic heterocycles. The summed E-state index contributed by atoms with van der Waals surface area (Å²) in [7, 11) is 0. The summed E-state index contributed by atoms with van der Waals surface area (Å²) in [5, 5.41) is 0.379. The molecule has 4 rings (SSSR count). The summed E-state index contributed by atoms with van der Waals surface area (Å²) in [4.78, 5) is 30.0. The van der Waals surface area contributed by atoms with Gasteiger partial charge in [-0.25, -0.2) is 0 Å². The summed E-state index contributed by atoms with van der Waals surface area (Å²) in [6.45, 7) is 4.71. The number of benzene rings is 2. The van der Waals surface area contributed by atoms with E-state index in [0.717, 1.165) is 15.8 Å². The number of aromatic nitrogens is 1. The quantitative estimate of drug-likeness (QED) is 0.542. The van der Waals surface area contributed by atoms with Crippen LogP contribution in [0.4, 0.5) is 0 Å². The molecule has 2 aromatic carbocycles. The minimum atomic E-state index is -0.588. The van der Waals surface area contributed by atoms with Gasteiger partial charge in [0.2, 0.25) is 5.43 Å². The number of fused-ring (bicyclic) bond motifs is 2. The van der Waals surface area contributed by atoms with Gasteiger partial charge in [-0.1, -0.05) is 29.5 Å². The molecular formula is C20H16N2O3S. The van der Waals surface area contributed by atoms with Gasteiger partial charge in [0.25, 0.3) is 5.91 Å². The normalized spacial score (nSPS) is 12.2. The molecule has 2 heterocycles. The molecule has 0 aliphatic rings. The number of amides is 1. The molecule has 0 N–H and O–H groups in total. The highest BCUT2D eigenvalue weighted by atomic mass is 32.1. The van der Waals surface area contributed by atoms with Gasteiger partial charge in [-0.2, -0.15) is 4.99 Å². The van der Waals surface area contributed by atoms with Crippen molar-refractivity contribution in [1.82, 2.24) is 4.57 Å². The van der Waals surface area contributed by atoms with Crippen molar-refractivity contribution in [1.29, 1.82) is 0 Å². The number of aryl methyl sites for hydroxylation is 2. The number of hydrogen-bond donors (Lipinski definition) is 0. The number of hydrogen-bond acceptors (Lipinski definition) is 4. The average molecular weight is 364 g/mol. The molecule has 0 bridgehead atoms. The van der Waals surface area contributed by atoms with Crippen LogP contribution in [0.5, 0.6) is 0 Å². The lowest BCUT2D eigenvalue weighted by Crippen LogP contribution is -2.19. The monoisotopic (exact) mass is 364 g/mol. The van der Waals surface area contributed by atoms with E-state index in [0.29, 0.717) is 22.3 Å². The second kappa shape index (κ2) is 6.38. The molecular weight excluding hydrogens is 348 g/mol. The number of para-hydroxylation sites is 1. The summed E-state index contributed by atoms with van der Waals surface area (Å²) < 4.78 is 8.46. The first kappa shape index (κ1) is 16.5. The predicted molar refractivity (Wildman–Crippen MR) is 103 cm³/mol. The Hall–Kier alpha value is -2.99. The molecule has 0 spiro atoms. The van der Waals surface area contributed by atoms with Crippen LogP contribution in [-0.2, 0) is 6.54 Å². The van der Waals surface area contributed by atoms with E-state index in [9.17, 15) is 9.59 Å². The summed E-state index contributed by atoms with van der Waals surface area (Å²) in [6, 6.07) is 13.0. The molecule has 0 atom stereocenters. The van der Waals surface area contributed by atoms with Crippen LogP contribution >= 0.6 is 11.3 Å². The lowest BCUT2D eigenvalue weighted by atomic mass is 10.2. The first-order valence-corrected chi connectivity index (χ1v) is 9.09. The second-order valence-corrected chi connectivity index (χ2v) is 7.00. The summed E-state index contributed by atoms with van der Waals surface area (Å²) in [5.74, 6) is -0.588. The van der Waals surface area contributed by atoms with E-state index in [-0.39, 0.29) is 11.0 Å². The molecule has 26 heavy (non-hydrogen) atoms. The third kappa shape index (κ3) is 2.68. The molecule has 0 fully saturated rings. The Balaban J connectivity index is 1.89. The highest BCUT2D eigenvalue weighted by Gasteiger charge is 2.14. The average Bonchev–Trinajstić information content (AvgIpc) is 2.98. The van der Waals surface area contributed by atoms with Crippen LogP contribution in [0.25, 0.3) is 21.2 Å². The van der Waals surface area contributed by atoms with Crippen LogP contribution in [0.2, 0.25) is 0 Å². The fraction of sp³-hybridized carbons (Fsp3) is 0.150. The number of carbonyl (C=O) groups is 1. The lowest BCUT2D eigenvalue weighted by molar-refractivity contribution is 0.0995. The van der Waals surface area contributed by atoms with Gasteiger partial charge in [-0.05, 0) is 43.7 Å². The minimum Gasteiger partial charge on any atom is -0.463 e. The Morgan fingerprint density at radius 2 is 2.04 bits per heavy atom. The van der Waals surface area contributed by atoms with Crippen molar-refractivity contribution in [3.8, 4) is 0 Å². The maximum atomic E-state index is 12.7. The Labute approximate surface area is 152 Å². The highest BCUT2D eigenvalue weighted by Crippen LogP contribution is 2.19. The zero-order chi connectivity index (χ0) is 18.3. The zero-order valence-corrected chi connectivity index (χ0v) is 15.2.